The van der Waals surface area contributed by atoms with Gasteiger partial charge in [0.1, 0.15) is 0 Å². The predicted octanol–water partition coefficient (Wildman–Crippen LogP) is 0.554. The Bertz CT molecular complexity index is 256. The second kappa shape index (κ2) is 5.78. The van der Waals surface area contributed by atoms with Crippen LogP contribution in [0, 0.1) is 0 Å². The van der Waals surface area contributed by atoms with Crippen LogP contribution in [0.15, 0.2) is 12.4 Å². The number of hydrogen-bond acceptors (Lipinski definition) is 3. The maximum absolute atomic E-state index is 4.24. The first kappa shape index (κ1) is 11.2. The number of nitrogens with one attached hydrogen (secondary N) is 1. The first-order chi connectivity index (χ1) is 6.76. The molecular formula is C10H20N4. The van der Waals surface area contributed by atoms with Crippen molar-refractivity contribution in [2.45, 2.75) is 20.0 Å². The van der Waals surface area contributed by atoms with E-state index in [9.17, 15) is 0 Å². The molecule has 0 radical (unpaired) electrons. The molecule has 0 aliphatic heterocycles. The van der Waals surface area contributed by atoms with Crippen LogP contribution in [-0.2, 0) is 13.1 Å². The molecule has 4 heteroatoms. The molecule has 0 spiro atoms. The first-order valence-corrected chi connectivity index (χ1v) is 5.10. The third-order valence-corrected chi connectivity index (χ3v) is 2.21. The average molecular weight is 196 g/mol. The highest BCUT2D eigenvalue weighted by molar-refractivity contribution is 5.03. The van der Waals surface area contributed by atoms with E-state index in [4.69, 9.17) is 0 Å². The van der Waals surface area contributed by atoms with Gasteiger partial charge in [-0.05, 0) is 21.0 Å². The van der Waals surface area contributed by atoms with E-state index in [-0.39, 0.29) is 0 Å². The highest BCUT2D eigenvalue weighted by Gasteiger charge is 2.01. The molecule has 0 saturated carbocycles. The van der Waals surface area contributed by atoms with E-state index in [0.29, 0.717) is 0 Å². The van der Waals surface area contributed by atoms with Crippen molar-refractivity contribution in [1.29, 1.82) is 0 Å². The fraction of sp³-hybridized carbons (Fsp3) is 0.700. The largest absolute Gasteiger partial charge is 0.318 e. The summed E-state index contributed by atoms with van der Waals surface area (Å²) in [5.74, 6) is 0. The van der Waals surface area contributed by atoms with E-state index in [1.807, 2.05) is 17.9 Å². The molecule has 0 atom stereocenters. The zero-order valence-corrected chi connectivity index (χ0v) is 9.32. The number of aromatic nitrogens is 2. The highest BCUT2D eigenvalue weighted by atomic mass is 15.3. The Labute approximate surface area is 85.9 Å². The second-order valence-corrected chi connectivity index (χ2v) is 3.55. The van der Waals surface area contributed by atoms with Gasteiger partial charge >= 0.3 is 0 Å². The molecular weight excluding hydrogens is 176 g/mol. The Morgan fingerprint density at radius 1 is 1.57 bits per heavy atom. The Hall–Kier alpha value is -0.870. The van der Waals surface area contributed by atoms with Crippen LogP contribution in [-0.4, -0.2) is 41.9 Å². The maximum atomic E-state index is 4.24. The Kier molecular flexibility index (Phi) is 4.62. The SMILES string of the molecule is CCn1cc(CN(C)CCNC)cn1. The molecule has 0 bridgehead atoms. The van der Waals surface area contributed by atoms with E-state index in [1.54, 1.807) is 0 Å². The second-order valence-electron chi connectivity index (χ2n) is 3.55. The fourth-order valence-electron chi connectivity index (χ4n) is 1.35. The van der Waals surface area contributed by atoms with Gasteiger partial charge in [-0.25, -0.2) is 0 Å². The molecule has 80 valence electrons. The van der Waals surface area contributed by atoms with Gasteiger partial charge in [0, 0.05) is 37.9 Å². The molecule has 0 amide bonds. The lowest BCUT2D eigenvalue weighted by atomic mass is 10.3. The summed E-state index contributed by atoms with van der Waals surface area (Å²) in [7, 11) is 4.10. The van der Waals surface area contributed by atoms with E-state index in [2.05, 4.69) is 35.5 Å². The molecule has 1 aromatic rings. The third kappa shape index (κ3) is 3.47. The van der Waals surface area contributed by atoms with Crippen molar-refractivity contribution in [1.82, 2.24) is 20.0 Å². The molecule has 1 aromatic heterocycles. The van der Waals surface area contributed by atoms with Gasteiger partial charge in [-0.2, -0.15) is 5.10 Å². The Morgan fingerprint density at radius 3 is 2.93 bits per heavy atom. The van der Waals surface area contributed by atoms with Gasteiger partial charge in [-0.15, -0.1) is 0 Å². The van der Waals surface area contributed by atoms with E-state index in [0.717, 1.165) is 26.2 Å². The van der Waals surface area contributed by atoms with Gasteiger partial charge in [-0.1, -0.05) is 0 Å². The van der Waals surface area contributed by atoms with Crippen LogP contribution in [0.3, 0.4) is 0 Å². The molecule has 1 N–H and O–H groups in total. The highest BCUT2D eigenvalue weighted by Crippen LogP contribution is 2.01. The lowest BCUT2D eigenvalue weighted by molar-refractivity contribution is 0.328. The van der Waals surface area contributed by atoms with E-state index in [1.165, 1.54) is 5.56 Å². The quantitative estimate of drug-likeness (QED) is 0.721. The van der Waals surface area contributed by atoms with Gasteiger partial charge in [-0.3, -0.25) is 4.68 Å². The average Bonchev–Trinajstić information content (AvgIpc) is 2.62. The summed E-state index contributed by atoms with van der Waals surface area (Å²) < 4.78 is 1.96. The van der Waals surface area contributed by atoms with Crippen molar-refractivity contribution < 1.29 is 0 Å². The summed E-state index contributed by atoms with van der Waals surface area (Å²) in [6, 6.07) is 0. The van der Waals surface area contributed by atoms with Crippen LogP contribution >= 0.6 is 0 Å². The summed E-state index contributed by atoms with van der Waals surface area (Å²) in [5, 5.41) is 7.38. The summed E-state index contributed by atoms with van der Waals surface area (Å²) in [6.45, 7) is 6.11. The Balaban J connectivity index is 2.35. The predicted molar refractivity (Wildman–Crippen MR) is 58.2 cm³/mol. The summed E-state index contributed by atoms with van der Waals surface area (Å²) >= 11 is 0. The summed E-state index contributed by atoms with van der Waals surface area (Å²) in [6.07, 6.45) is 4.05. The standard InChI is InChI=1S/C10H20N4/c1-4-14-9-10(7-12-14)8-13(3)6-5-11-2/h7,9,11H,4-6,8H2,1-3H3. The van der Waals surface area contributed by atoms with Crippen LogP contribution < -0.4 is 5.32 Å². The van der Waals surface area contributed by atoms with Gasteiger partial charge < -0.3 is 10.2 Å². The zero-order valence-electron chi connectivity index (χ0n) is 9.32. The molecule has 14 heavy (non-hydrogen) atoms. The Morgan fingerprint density at radius 2 is 2.36 bits per heavy atom. The lowest BCUT2D eigenvalue weighted by Gasteiger charge is -2.14. The maximum Gasteiger partial charge on any atom is 0.0534 e. The normalized spacial score (nSPS) is 11.1. The van der Waals surface area contributed by atoms with Crippen molar-refractivity contribution in [3.63, 3.8) is 0 Å². The van der Waals surface area contributed by atoms with Crippen molar-refractivity contribution in [2.24, 2.45) is 0 Å². The van der Waals surface area contributed by atoms with Gasteiger partial charge in [0.05, 0.1) is 6.20 Å². The van der Waals surface area contributed by atoms with Gasteiger partial charge in [0.2, 0.25) is 0 Å². The molecule has 0 aliphatic rings. The number of aryl methyl sites for hydroxylation is 1. The number of nitrogens with zero attached hydrogens (tertiary/aromatic N) is 3. The van der Waals surface area contributed by atoms with E-state index >= 15 is 0 Å². The molecule has 0 saturated heterocycles. The zero-order chi connectivity index (χ0) is 10.4. The van der Waals surface area contributed by atoms with Crippen molar-refractivity contribution in [2.75, 3.05) is 27.2 Å². The molecule has 0 unspecified atom stereocenters. The molecule has 1 rings (SSSR count). The topological polar surface area (TPSA) is 33.1 Å². The van der Waals surface area contributed by atoms with Crippen molar-refractivity contribution in [3.05, 3.63) is 18.0 Å². The number of likely N-dealkylation sites (N-methyl/N-ethyl adjacent to an activating group) is 2. The van der Waals surface area contributed by atoms with Crippen LogP contribution in [0.2, 0.25) is 0 Å². The lowest BCUT2D eigenvalue weighted by Crippen LogP contribution is -2.26. The first-order valence-electron chi connectivity index (χ1n) is 5.10. The minimum absolute atomic E-state index is 0.945. The summed E-state index contributed by atoms with van der Waals surface area (Å²) in [4.78, 5) is 2.29. The molecule has 0 fully saturated rings. The smallest absolute Gasteiger partial charge is 0.0534 e. The number of rotatable bonds is 6. The molecule has 0 aromatic carbocycles. The third-order valence-electron chi connectivity index (χ3n) is 2.21. The van der Waals surface area contributed by atoms with Crippen molar-refractivity contribution >= 4 is 0 Å². The monoisotopic (exact) mass is 196 g/mol. The molecule has 4 nitrogen and oxygen atoms in total. The minimum Gasteiger partial charge on any atom is -0.318 e. The fourth-order valence-corrected chi connectivity index (χ4v) is 1.35. The van der Waals surface area contributed by atoms with Gasteiger partial charge in [0.25, 0.3) is 0 Å². The van der Waals surface area contributed by atoms with Crippen LogP contribution in [0.4, 0.5) is 0 Å². The van der Waals surface area contributed by atoms with Crippen LogP contribution in [0.1, 0.15) is 12.5 Å². The molecule has 1 heterocycles. The summed E-state index contributed by atoms with van der Waals surface area (Å²) in [5.41, 5.74) is 1.28. The minimum atomic E-state index is 0.945. The number of hydrogen-bond donors (Lipinski definition) is 1. The molecule has 0 aliphatic carbocycles. The van der Waals surface area contributed by atoms with Crippen LogP contribution in [0.5, 0.6) is 0 Å². The van der Waals surface area contributed by atoms with E-state index < -0.39 is 0 Å². The van der Waals surface area contributed by atoms with Crippen LogP contribution in [0.25, 0.3) is 0 Å². The van der Waals surface area contributed by atoms with Gasteiger partial charge in [0.15, 0.2) is 0 Å². The van der Waals surface area contributed by atoms with Crippen molar-refractivity contribution in [3.8, 4) is 0 Å².